The number of amides is 1. The van der Waals surface area contributed by atoms with Gasteiger partial charge in [-0.05, 0) is 60.7 Å². The van der Waals surface area contributed by atoms with E-state index in [2.05, 4.69) is 24.0 Å². The van der Waals surface area contributed by atoms with Gasteiger partial charge in [0.2, 0.25) is 10.9 Å². The van der Waals surface area contributed by atoms with Gasteiger partial charge in [-0.25, -0.2) is 0 Å². The molecule has 1 atom stereocenters. The number of benzene rings is 2. The van der Waals surface area contributed by atoms with Crippen LogP contribution in [0.2, 0.25) is 0 Å². The number of methoxy groups -OCH3 is 1. The average Bonchev–Trinajstić information content (AvgIpc) is 3.37. The molecule has 0 spiro atoms. The molecular weight excluding hydrogens is 466 g/mol. The number of aromatic nitrogens is 2. The number of aryl methyl sites for hydroxylation is 2. The minimum atomic E-state index is -0.811. The molecule has 3 heterocycles. The smallest absolute Gasteiger partial charge is 0.297 e. The SMILES string of the molecule is COc1cc([C@@H]2c3c(oc4cc(C)c(C)cc4c3=O)C(=O)N2c2nnc(CC(C)C)s2)ccc1O. The molecule has 1 aliphatic rings. The van der Waals surface area contributed by atoms with Crippen LogP contribution in [-0.2, 0) is 6.42 Å². The number of hydrogen-bond acceptors (Lipinski definition) is 8. The monoisotopic (exact) mass is 491 g/mol. The summed E-state index contributed by atoms with van der Waals surface area (Å²) in [4.78, 5) is 29.0. The van der Waals surface area contributed by atoms with E-state index in [1.54, 1.807) is 24.3 Å². The molecule has 0 saturated carbocycles. The highest BCUT2D eigenvalue weighted by Crippen LogP contribution is 2.44. The maximum Gasteiger partial charge on any atom is 0.297 e. The number of rotatable bonds is 5. The molecule has 2 aromatic carbocycles. The van der Waals surface area contributed by atoms with E-state index in [1.807, 2.05) is 13.8 Å². The van der Waals surface area contributed by atoms with Gasteiger partial charge in [-0.15, -0.1) is 10.2 Å². The molecule has 1 aliphatic heterocycles. The summed E-state index contributed by atoms with van der Waals surface area (Å²) >= 11 is 1.32. The lowest BCUT2D eigenvalue weighted by Crippen LogP contribution is -2.29. The van der Waals surface area contributed by atoms with Gasteiger partial charge >= 0.3 is 0 Å². The van der Waals surface area contributed by atoms with Crippen molar-refractivity contribution in [2.45, 2.75) is 40.2 Å². The number of phenols is 1. The number of phenolic OH excluding ortho intramolecular Hbond substituents is 1. The zero-order valence-electron chi connectivity index (χ0n) is 20.1. The Hall–Kier alpha value is -3.72. The van der Waals surface area contributed by atoms with Crippen LogP contribution in [-0.4, -0.2) is 28.3 Å². The number of nitrogens with zero attached hydrogens (tertiary/aromatic N) is 3. The van der Waals surface area contributed by atoms with Crippen molar-refractivity contribution in [3.05, 3.63) is 73.6 Å². The quantitative estimate of drug-likeness (QED) is 0.422. The minimum absolute atomic E-state index is 0.0107. The maximum absolute atomic E-state index is 13.8. The number of fused-ring (bicyclic) bond motifs is 2. The fourth-order valence-corrected chi connectivity index (χ4v) is 5.46. The first-order valence-electron chi connectivity index (χ1n) is 11.3. The molecule has 0 unspecified atom stereocenters. The lowest BCUT2D eigenvalue weighted by molar-refractivity contribution is 0.0970. The van der Waals surface area contributed by atoms with Crippen molar-refractivity contribution < 1.29 is 19.1 Å². The molecule has 1 N–H and O–H groups in total. The van der Waals surface area contributed by atoms with Crippen LogP contribution in [0.3, 0.4) is 0 Å². The maximum atomic E-state index is 13.8. The molecule has 1 amide bonds. The molecule has 9 heteroatoms. The number of ether oxygens (including phenoxy) is 1. The third-order valence-electron chi connectivity index (χ3n) is 6.25. The topological polar surface area (TPSA) is 106 Å². The standard InChI is InChI=1S/C26H25N3O5S/c1-12(2)8-20-27-28-26(35-20)29-22(15-6-7-17(30)19(11-15)33-5)21-23(31)16-9-13(3)14(4)10-18(16)34-24(21)25(29)32/h6-7,9-12,22,30H,8H2,1-5H3/t22-/m1/s1. The lowest BCUT2D eigenvalue weighted by Gasteiger charge is -2.22. The summed E-state index contributed by atoms with van der Waals surface area (Å²) < 4.78 is 11.4. The van der Waals surface area contributed by atoms with Crippen LogP contribution in [0, 0.1) is 19.8 Å². The van der Waals surface area contributed by atoms with Crippen LogP contribution < -0.4 is 15.1 Å². The Kier molecular flexibility index (Phi) is 5.59. The molecule has 180 valence electrons. The Morgan fingerprint density at radius 2 is 1.89 bits per heavy atom. The Balaban J connectivity index is 1.77. The van der Waals surface area contributed by atoms with Crippen LogP contribution in [0.1, 0.15) is 57.7 Å². The van der Waals surface area contributed by atoms with Crippen molar-refractivity contribution in [2.75, 3.05) is 12.0 Å². The zero-order valence-corrected chi connectivity index (χ0v) is 20.9. The van der Waals surface area contributed by atoms with Crippen LogP contribution >= 0.6 is 11.3 Å². The van der Waals surface area contributed by atoms with Crippen molar-refractivity contribution in [2.24, 2.45) is 5.92 Å². The van der Waals surface area contributed by atoms with E-state index >= 15 is 0 Å². The highest BCUT2D eigenvalue weighted by molar-refractivity contribution is 7.15. The van der Waals surface area contributed by atoms with E-state index in [0.29, 0.717) is 27.6 Å². The van der Waals surface area contributed by atoms with Crippen LogP contribution in [0.5, 0.6) is 11.5 Å². The Bertz CT molecular complexity index is 1540. The van der Waals surface area contributed by atoms with Crippen molar-refractivity contribution >= 4 is 33.3 Å². The van der Waals surface area contributed by atoms with E-state index in [0.717, 1.165) is 22.6 Å². The van der Waals surface area contributed by atoms with Gasteiger partial charge in [0.05, 0.1) is 24.1 Å². The van der Waals surface area contributed by atoms with Gasteiger partial charge in [-0.2, -0.15) is 0 Å². The van der Waals surface area contributed by atoms with Crippen LogP contribution in [0.15, 0.2) is 39.5 Å². The Morgan fingerprint density at radius 1 is 1.14 bits per heavy atom. The number of carbonyl (C=O) groups excluding carboxylic acids is 1. The summed E-state index contributed by atoms with van der Waals surface area (Å²) in [7, 11) is 1.44. The number of anilines is 1. The van der Waals surface area contributed by atoms with E-state index in [-0.39, 0.29) is 28.3 Å². The third kappa shape index (κ3) is 3.76. The molecule has 0 radical (unpaired) electrons. The summed E-state index contributed by atoms with van der Waals surface area (Å²) in [6.45, 7) is 8.03. The number of carbonyl (C=O) groups is 1. The normalized spacial score (nSPS) is 15.3. The summed E-state index contributed by atoms with van der Waals surface area (Å²) in [5.41, 5.74) is 2.83. The van der Waals surface area contributed by atoms with Crippen molar-refractivity contribution in [1.82, 2.24) is 10.2 Å². The molecule has 0 bridgehead atoms. The summed E-state index contributed by atoms with van der Waals surface area (Å²) in [6, 6.07) is 7.54. The van der Waals surface area contributed by atoms with Crippen molar-refractivity contribution in [3.8, 4) is 11.5 Å². The molecule has 5 rings (SSSR count). The van der Waals surface area contributed by atoms with Gasteiger partial charge in [0.15, 0.2) is 16.9 Å². The molecule has 0 saturated heterocycles. The van der Waals surface area contributed by atoms with Crippen molar-refractivity contribution in [1.29, 1.82) is 0 Å². The second kappa shape index (κ2) is 8.49. The molecule has 8 nitrogen and oxygen atoms in total. The van der Waals surface area contributed by atoms with Gasteiger partial charge < -0.3 is 14.3 Å². The van der Waals surface area contributed by atoms with Gasteiger partial charge in [-0.1, -0.05) is 31.3 Å². The Labute approximate surface area is 205 Å². The van der Waals surface area contributed by atoms with E-state index in [9.17, 15) is 14.7 Å². The first-order valence-corrected chi connectivity index (χ1v) is 12.1. The molecule has 2 aromatic heterocycles. The third-order valence-corrected chi connectivity index (χ3v) is 7.20. The highest BCUT2D eigenvalue weighted by atomic mass is 32.1. The van der Waals surface area contributed by atoms with Gasteiger partial charge in [0, 0.05) is 6.42 Å². The largest absolute Gasteiger partial charge is 0.504 e. The molecule has 0 fully saturated rings. The molecule has 4 aromatic rings. The van der Waals surface area contributed by atoms with Crippen LogP contribution in [0.25, 0.3) is 11.0 Å². The second-order valence-corrected chi connectivity index (χ2v) is 10.2. The first kappa shape index (κ1) is 23.0. The predicted octanol–water partition coefficient (Wildman–Crippen LogP) is 4.92. The predicted molar refractivity (Wildman–Crippen MR) is 134 cm³/mol. The van der Waals surface area contributed by atoms with Gasteiger partial charge in [0.25, 0.3) is 5.91 Å². The lowest BCUT2D eigenvalue weighted by atomic mass is 9.97. The average molecular weight is 492 g/mol. The summed E-state index contributed by atoms with van der Waals surface area (Å²) in [5, 5.41) is 20.3. The minimum Gasteiger partial charge on any atom is -0.504 e. The second-order valence-electron chi connectivity index (χ2n) is 9.19. The molecule has 0 aliphatic carbocycles. The zero-order chi connectivity index (χ0) is 25.0. The van der Waals surface area contributed by atoms with E-state index in [4.69, 9.17) is 9.15 Å². The van der Waals surface area contributed by atoms with Crippen molar-refractivity contribution in [3.63, 3.8) is 0 Å². The number of hydrogen-bond donors (Lipinski definition) is 1. The summed E-state index contributed by atoms with van der Waals surface area (Å²) in [5.74, 6) is 0.0984. The first-order chi connectivity index (χ1) is 16.7. The van der Waals surface area contributed by atoms with Gasteiger partial charge in [-0.3, -0.25) is 14.5 Å². The van der Waals surface area contributed by atoms with Crippen LogP contribution in [0.4, 0.5) is 5.13 Å². The fourth-order valence-electron chi connectivity index (χ4n) is 4.38. The molecular formula is C26H25N3O5S. The fraction of sp³-hybridized carbons (Fsp3) is 0.308. The Morgan fingerprint density at radius 3 is 2.60 bits per heavy atom. The van der Waals surface area contributed by atoms with E-state index < -0.39 is 11.9 Å². The molecule has 35 heavy (non-hydrogen) atoms. The highest BCUT2D eigenvalue weighted by Gasteiger charge is 2.45. The summed E-state index contributed by atoms with van der Waals surface area (Å²) in [6.07, 6.45) is 0.726. The van der Waals surface area contributed by atoms with E-state index in [1.165, 1.54) is 29.4 Å². The van der Waals surface area contributed by atoms with Gasteiger partial charge in [0.1, 0.15) is 10.6 Å². The number of aromatic hydroxyl groups is 1.